The van der Waals surface area contributed by atoms with Crippen molar-refractivity contribution in [3.05, 3.63) is 44.5 Å². The Morgan fingerprint density at radius 2 is 1.74 bits per heavy atom. The Kier molecular flexibility index (Phi) is 3.79. The van der Waals surface area contributed by atoms with Crippen LogP contribution in [0.3, 0.4) is 0 Å². The maximum Gasteiger partial charge on any atom is 0.314 e. The number of hydrogen-bond donors (Lipinski definition) is 3. The second-order valence-corrected chi connectivity index (χ2v) is 4.39. The molecule has 0 aliphatic rings. The lowest BCUT2D eigenvalue weighted by atomic mass is 10.1. The van der Waals surface area contributed by atoms with Gasteiger partial charge in [0.15, 0.2) is 0 Å². The molecule has 0 spiro atoms. The van der Waals surface area contributed by atoms with Gasteiger partial charge in [-0.1, -0.05) is 6.07 Å². The third-order valence-corrected chi connectivity index (χ3v) is 2.89. The van der Waals surface area contributed by atoms with Gasteiger partial charge in [0.2, 0.25) is 0 Å². The first-order valence-corrected chi connectivity index (χ1v) is 6.03. The van der Waals surface area contributed by atoms with Gasteiger partial charge in [-0.2, -0.15) is 0 Å². The Morgan fingerprint density at radius 3 is 2.42 bits per heavy atom. The summed E-state index contributed by atoms with van der Waals surface area (Å²) < 4.78 is 0. The van der Waals surface area contributed by atoms with E-state index >= 15 is 0 Å². The fourth-order valence-electron chi connectivity index (χ4n) is 1.92. The van der Waals surface area contributed by atoms with E-state index in [1.165, 1.54) is 0 Å². The number of aromatic nitrogens is 2. The van der Waals surface area contributed by atoms with E-state index in [9.17, 15) is 14.4 Å². The van der Waals surface area contributed by atoms with Gasteiger partial charge in [0.1, 0.15) is 0 Å². The number of fused-ring (bicyclic) bond motifs is 1. The third-order valence-electron chi connectivity index (χ3n) is 2.89. The summed E-state index contributed by atoms with van der Waals surface area (Å²) in [6, 6.07) is 5.39. The molecule has 0 radical (unpaired) electrons. The molecular formula is C13H14N2O4. The van der Waals surface area contributed by atoms with Gasteiger partial charge >= 0.3 is 17.1 Å². The number of aliphatic carboxylic acids is 1. The first kappa shape index (κ1) is 13.1. The van der Waals surface area contributed by atoms with Crippen LogP contribution in [-0.2, 0) is 11.2 Å². The number of H-pyrrole nitrogens is 2. The zero-order chi connectivity index (χ0) is 13.8. The second kappa shape index (κ2) is 5.51. The van der Waals surface area contributed by atoms with E-state index in [-0.39, 0.29) is 6.42 Å². The van der Waals surface area contributed by atoms with Crippen LogP contribution in [0, 0.1) is 0 Å². The van der Waals surface area contributed by atoms with Crippen molar-refractivity contribution in [2.45, 2.75) is 25.7 Å². The first-order valence-electron chi connectivity index (χ1n) is 6.03. The van der Waals surface area contributed by atoms with Crippen molar-refractivity contribution in [1.82, 2.24) is 9.97 Å². The Morgan fingerprint density at radius 1 is 1.05 bits per heavy atom. The second-order valence-electron chi connectivity index (χ2n) is 4.39. The predicted molar refractivity (Wildman–Crippen MR) is 70.4 cm³/mol. The quantitative estimate of drug-likeness (QED) is 0.552. The van der Waals surface area contributed by atoms with Crippen LogP contribution >= 0.6 is 0 Å². The molecule has 100 valence electrons. The van der Waals surface area contributed by atoms with Gasteiger partial charge in [0.05, 0.1) is 11.0 Å². The SMILES string of the molecule is O=C(O)CCCCc1ccc2[nH]c(=O)c(=O)[nH]c2c1. The number of hydrogen-bond acceptors (Lipinski definition) is 3. The predicted octanol–water partition coefficient (Wildman–Crippen LogP) is 1.01. The average molecular weight is 262 g/mol. The smallest absolute Gasteiger partial charge is 0.314 e. The fourth-order valence-corrected chi connectivity index (χ4v) is 1.92. The van der Waals surface area contributed by atoms with Crippen LogP contribution in [0.4, 0.5) is 0 Å². The number of carboxylic acid groups (broad SMARTS) is 1. The first-order chi connectivity index (χ1) is 9.06. The Labute approximate surface area is 108 Å². The van der Waals surface area contributed by atoms with Crippen molar-refractivity contribution in [3.8, 4) is 0 Å². The lowest BCUT2D eigenvalue weighted by Crippen LogP contribution is -2.28. The summed E-state index contributed by atoms with van der Waals surface area (Å²) in [6.07, 6.45) is 2.29. The van der Waals surface area contributed by atoms with Crippen molar-refractivity contribution in [1.29, 1.82) is 0 Å². The molecule has 0 amide bonds. The third kappa shape index (κ3) is 3.31. The average Bonchev–Trinajstić information content (AvgIpc) is 2.36. The summed E-state index contributed by atoms with van der Waals surface area (Å²) in [5.41, 5.74) is 0.831. The monoisotopic (exact) mass is 262 g/mol. The number of carboxylic acids is 1. The van der Waals surface area contributed by atoms with Crippen LogP contribution in [0.1, 0.15) is 24.8 Å². The van der Waals surface area contributed by atoms with E-state index in [2.05, 4.69) is 9.97 Å². The minimum absolute atomic E-state index is 0.164. The van der Waals surface area contributed by atoms with Gasteiger partial charge in [-0.25, -0.2) is 0 Å². The normalized spacial score (nSPS) is 10.7. The van der Waals surface area contributed by atoms with E-state index in [1.54, 1.807) is 12.1 Å². The molecule has 0 aliphatic heterocycles. The topological polar surface area (TPSA) is 103 Å². The molecule has 0 unspecified atom stereocenters. The molecule has 2 rings (SSSR count). The molecule has 0 fully saturated rings. The van der Waals surface area contributed by atoms with E-state index in [0.717, 1.165) is 18.4 Å². The van der Waals surface area contributed by atoms with Crippen LogP contribution in [0.5, 0.6) is 0 Å². The zero-order valence-corrected chi connectivity index (χ0v) is 10.2. The molecule has 0 atom stereocenters. The molecule has 0 bridgehead atoms. The highest BCUT2D eigenvalue weighted by Crippen LogP contribution is 2.12. The number of nitrogens with one attached hydrogen (secondary N) is 2. The van der Waals surface area contributed by atoms with Crippen molar-refractivity contribution in [3.63, 3.8) is 0 Å². The summed E-state index contributed by atoms with van der Waals surface area (Å²) >= 11 is 0. The van der Waals surface area contributed by atoms with Crippen LogP contribution in [0.25, 0.3) is 11.0 Å². The summed E-state index contributed by atoms with van der Waals surface area (Å²) in [5.74, 6) is -0.791. The standard InChI is InChI=1S/C13H14N2O4/c16-11(17)4-2-1-3-8-5-6-9-10(7-8)15-13(19)12(18)14-9/h5-7H,1-4H2,(H,14,18)(H,15,19)(H,16,17). The number of aromatic amines is 2. The highest BCUT2D eigenvalue weighted by Gasteiger charge is 2.02. The minimum Gasteiger partial charge on any atom is -0.481 e. The van der Waals surface area contributed by atoms with E-state index in [4.69, 9.17) is 5.11 Å². The highest BCUT2D eigenvalue weighted by molar-refractivity contribution is 5.74. The molecule has 2 aromatic rings. The molecule has 19 heavy (non-hydrogen) atoms. The lowest BCUT2D eigenvalue weighted by molar-refractivity contribution is -0.137. The molecule has 1 heterocycles. The van der Waals surface area contributed by atoms with Crippen LogP contribution in [0.15, 0.2) is 27.8 Å². The molecule has 1 aromatic carbocycles. The number of unbranched alkanes of at least 4 members (excludes halogenated alkanes) is 1. The summed E-state index contributed by atoms with van der Waals surface area (Å²) in [7, 11) is 0. The van der Waals surface area contributed by atoms with Crippen molar-refractivity contribution < 1.29 is 9.90 Å². The van der Waals surface area contributed by atoms with Gasteiger partial charge in [0, 0.05) is 6.42 Å². The molecular weight excluding hydrogens is 248 g/mol. The van der Waals surface area contributed by atoms with Gasteiger partial charge in [-0.15, -0.1) is 0 Å². The molecule has 6 heteroatoms. The van der Waals surface area contributed by atoms with Gasteiger partial charge in [0.25, 0.3) is 0 Å². The maximum atomic E-state index is 11.2. The van der Waals surface area contributed by atoms with E-state index in [1.807, 2.05) is 6.07 Å². The fraction of sp³-hybridized carbons (Fsp3) is 0.308. The van der Waals surface area contributed by atoms with Crippen molar-refractivity contribution in [2.24, 2.45) is 0 Å². The number of aryl methyl sites for hydroxylation is 1. The van der Waals surface area contributed by atoms with E-state index in [0.29, 0.717) is 17.5 Å². The van der Waals surface area contributed by atoms with Crippen LogP contribution < -0.4 is 11.1 Å². The summed E-state index contributed by atoms with van der Waals surface area (Å²) in [4.78, 5) is 37.7. The van der Waals surface area contributed by atoms with Gasteiger partial charge < -0.3 is 15.1 Å². The molecule has 3 N–H and O–H groups in total. The molecule has 0 saturated carbocycles. The molecule has 6 nitrogen and oxygen atoms in total. The van der Waals surface area contributed by atoms with Crippen LogP contribution in [0.2, 0.25) is 0 Å². The Hall–Kier alpha value is -2.37. The summed E-state index contributed by atoms with van der Waals surface area (Å²) in [6.45, 7) is 0. The summed E-state index contributed by atoms with van der Waals surface area (Å²) in [5, 5.41) is 8.54. The van der Waals surface area contributed by atoms with Crippen molar-refractivity contribution >= 4 is 17.0 Å². The largest absolute Gasteiger partial charge is 0.481 e. The van der Waals surface area contributed by atoms with E-state index < -0.39 is 17.1 Å². The Bertz CT molecular complexity index is 714. The molecule has 0 aliphatic carbocycles. The molecule has 1 aromatic heterocycles. The van der Waals surface area contributed by atoms with Gasteiger partial charge in [-0.05, 0) is 37.0 Å². The highest BCUT2D eigenvalue weighted by atomic mass is 16.4. The number of benzene rings is 1. The maximum absolute atomic E-state index is 11.2. The minimum atomic E-state index is -0.791. The Balaban J connectivity index is 2.13. The number of carbonyl (C=O) groups is 1. The zero-order valence-electron chi connectivity index (χ0n) is 10.2. The number of rotatable bonds is 5. The van der Waals surface area contributed by atoms with Crippen LogP contribution in [-0.4, -0.2) is 21.0 Å². The van der Waals surface area contributed by atoms with Crippen molar-refractivity contribution in [2.75, 3.05) is 0 Å². The lowest BCUT2D eigenvalue weighted by Gasteiger charge is -2.03. The van der Waals surface area contributed by atoms with Gasteiger partial charge in [-0.3, -0.25) is 14.4 Å². The molecule has 0 saturated heterocycles.